The van der Waals surface area contributed by atoms with Gasteiger partial charge in [0.25, 0.3) is 0 Å². The first kappa shape index (κ1) is 14.7. The highest BCUT2D eigenvalue weighted by atomic mass is 16.5. The summed E-state index contributed by atoms with van der Waals surface area (Å²) in [6.45, 7) is 2.41. The quantitative estimate of drug-likeness (QED) is 0.861. The van der Waals surface area contributed by atoms with Crippen molar-refractivity contribution in [3.05, 3.63) is 24.3 Å². The normalized spacial score (nSPS) is 19.6. The molecule has 1 N–H and O–H groups in total. The highest BCUT2D eigenvalue weighted by Gasteiger charge is 2.21. The molecule has 1 aromatic rings. The van der Waals surface area contributed by atoms with Crippen LogP contribution in [-0.2, 0) is 4.79 Å². The second-order valence-corrected chi connectivity index (χ2v) is 5.12. The molecule has 110 valence electrons. The third-order valence-electron chi connectivity index (χ3n) is 3.51. The van der Waals surface area contributed by atoms with E-state index in [0.29, 0.717) is 12.5 Å². The van der Waals surface area contributed by atoms with Crippen molar-refractivity contribution < 1.29 is 19.4 Å². The molecule has 0 amide bonds. The molecule has 0 aliphatic carbocycles. The van der Waals surface area contributed by atoms with Crippen LogP contribution < -0.4 is 9.47 Å². The molecule has 2 rings (SSSR count). The largest absolute Gasteiger partial charge is 0.497 e. The van der Waals surface area contributed by atoms with E-state index < -0.39 is 5.97 Å². The van der Waals surface area contributed by atoms with E-state index in [1.54, 1.807) is 7.11 Å². The van der Waals surface area contributed by atoms with Crippen LogP contribution in [0.3, 0.4) is 0 Å². The predicted molar refractivity (Wildman–Crippen MR) is 75.3 cm³/mol. The number of nitrogens with zero attached hydrogens (tertiary/aromatic N) is 1. The standard InChI is InChI=1S/C15H21NO4/c1-19-13-4-6-14(7-5-13)20-11-12-3-2-8-16(9-12)10-15(17)18/h4-7,12H,2-3,8-11H2,1H3,(H,17,18)/t12-/m1/s1. The van der Waals surface area contributed by atoms with Crippen molar-refractivity contribution in [2.45, 2.75) is 12.8 Å². The van der Waals surface area contributed by atoms with Gasteiger partial charge >= 0.3 is 5.97 Å². The fourth-order valence-corrected chi connectivity index (χ4v) is 2.51. The van der Waals surface area contributed by atoms with E-state index in [1.807, 2.05) is 29.2 Å². The number of hydrogen-bond acceptors (Lipinski definition) is 4. The summed E-state index contributed by atoms with van der Waals surface area (Å²) in [7, 11) is 1.63. The fourth-order valence-electron chi connectivity index (χ4n) is 2.51. The third-order valence-corrected chi connectivity index (χ3v) is 3.51. The number of piperidine rings is 1. The lowest BCUT2D eigenvalue weighted by atomic mass is 9.99. The summed E-state index contributed by atoms with van der Waals surface area (Å²) in [5, 5.41) is 8.82. The second kappa shape index (κ2) is 7.14. The zero-order chi connectivity index (χ0) is 14.4. The van der Waals surface area contributed by atoms with Gasteiger partial charge < -0.3 is 14.6 Å². The van der Waals surface area contributed by atoms with E-state index in [2.05, 4.69) is 0 Å². The van der Waals surface area contributed by atoms with E-state index in [0.717, 1.165) is 37.4 Å². The Morgan fingerprint density at radius 2 is 2.05 bits per heavy atom. The highest BCUT2D eigenvalue weighted by Crippen LogP contribution is 2.20. The van der Waals surface area contributed by atoms with Crippen LogP contribution in [0, 0.1) is 5.92 Å². The Hall–Kier alpha value is -1.75. The Labute approximate surface area is 119 Å². The molecule has 1 saturated heterocycles. The van der Waals surface area contributed by atoms with E-state index in [4.69, 9.17) is 14.6 Å². The first-order valence-electron chi connectivity index (χ1n) is 6.88. The van der Waals surface area contributed by atoms with E-state index in [-0.39, 0.29) is 6.54 Å². The van der Waals surface area contributed by atoms with Crippen molar-refractivity contribution in [3.8, 4) is 11.5 Å². The Morgan fingerprint density at radius 3 is 2.70 bits per heavy atom. The summed E-state index contributed by atoms with van der Waals surface area (Å²) in [6.07, 6.45) is 2.12. The van der Waals surface area contributed by atoms with Gasteiger partial charge in [0.1, 0.15) is 11.5 Å². The Morgan fingerprint density at radius 1 is 1.35 bits per heavy atom. The van der Waals surface area contributed by atoms with Gasteiger partial charge in [-0.05, 0) is 43.7 Å². The number of likely N-dealkylation sites (tertiary alicyclic amines) is 1. The molecule has 1 fully saturated rings. The van der Waals surface area contributed by atoms with Crippen LogP contribution in [0.4, 0.5) is 0 Å². The minimum atomic E-state index is -0.762. The number of rotatable bonds is 6. The third kappa shape index (κ3) is 4.42. The lowest BCUT2D eigenvalue weighted by Gasteiger charge is -2.31. The van der Waals surface area contributed by atoms with Crippen LogP contribution in [0.1, 0.15) is 12.8 Å². The zero-order valence-electron chi connectivity index (χ0n) is 11.7. The van der Waals surface area contributed by atoms with Crippen molar-refractivity contribution in [3.63, 3.8) is 0 Å². The molecule has 1 aliphatic rings. The molecule has 1 atom stereocenters. The van der Waals surface area contributed by atoms with Gasteiger partial charge in [-0.15, -0.1) is 0 Å². The molecule has 1 heterocycles. The molecule has 5 heteroatoms. The number of carboxylic acid groups (broad SMARTS) is 1. The minimum Gasteiger partial charge on any atom is -0.497 e. The van der Waals surface area contributed by atoms with Gasteiger partial charge in [-0.25, -0.2) is 0 Å². The van der Waals surface area contributed by atoms with Gasteiger partial charge in [0.15, 0.2) is 0 Å². The first-order valence-corrected chi connectivity index (χ1v) is 6.88. The minimum absolute atomic E-state index is 0.124. The molecule has 0 spiro atoms. The monoisotopic (exact) mass is 279 g/mol. The average Bonchev–Trinajstić information content (AvgIpc) is 2.45. The Bertz CT molecular complexity index is 432. The number of benzene rings is 1. The zero-order valence-corrected chi connectivity index (χ0v) is 11.7. The molecular formula is C15H21NO4. The van der Waals surface area contributed by atoms with Gasteiger partial charge in [-0.1, -0.05) is 0 Å². The summed E-state index contributed by atoms with van der Waals surface area (Å²) in [4.78, 5) is 12.7. The average molecular weight is 279 g/mol. The van der Waals surface area contributed by atoms with Crippen LogP contribution in [0.5, 0.6) is 11.5 Å². The maximum Gasteiger partial charge on any atom is 0.317 e. The lowest BCUT2D eigenvalue weighted by molar-refractivity contribution is -0.138. The van der Waals surface area contributed by atoms with Crippen molar-refractivity contribution in [1.82, 2.24) is 4.90 Å². The van der Waals surface area contributed by atoms with E-state index >= 15 is 0 Å². The SMILES string of the molecule is COc1ccc(OC[C@@H]2CCCN(CC(=O)O)C2)cc1. The van der Waals surface area contributed by atoms with Crippen LogP contribution in [0.15, 0.2) is 24.3 Å². The first-order chi connectivity index (χ1) is 9.67. The summed E-state index contributed by atoms with van der Waals surface area (Å²) in [5.41, 5.74) is 0. The molecule has 1 aliphatic heterocycles. The van der Waals surface area contributed by atoms with Crippen LogP contribution >= 0.6 is 0 Å². The molecule has 0 saturated carbocycles. The van der Waals surface area contributed by atoms with Crippen molar-refractivity contribution in [2.75, 3.05) is 33.4 Å². The van der Waals surface area contributed by atoms with E-state index in [1.165, 1.54) is 0 Å². The van der Waals surface area contributed by atoms with Gasteiger partial charge in [-0.3, -0.25) is 9.69 Å². The molecule has 0 unspecified atom stereocenters. The predicted octanol–water partition coefficient (Wildman–Crippen LogP) is 1.87. The van der Waals surface area contributed by atoms with Gasteiger partial charge in [0.05, 0.1) is 20.3 Å². The van der Waals surface area contributed by atoms with Crippen molar-refractivity contribution in [1.29, 1.82) is 0 Å². The van der Waals surface area contributed by atoms with Crippen LogP contribution in [0.25, 0.3) is 0 Å². The fraction of sp³-hybridized carbons (Fsp3) is 0.533. The number of carbonyl (C=O) groups is 1. The number of ether oxygens (including phenoxy) is 2. The Kier molecular flexibility index (Phi) is 5.24. The van der Waals surface area contributed by atoms with E-state index in [9.17, 15) is 4.79 Å². The summed E-state index contributed by atoms with van der Waals surface area (Å²) in [6, 6.07) is 7.51. The molecule has 0 aromatic heterocycles. The number of aliphatic carboxylic acids is 1. The van der Waals surface area contributed by atoms with Gasteiger partial charge in [-0.2, -0.15) is 0 Å². The molecule has 0 radical (unpaired) electrons. The highest BCUT2D eigenvalue weighted by molar-refractivity contribution is 5.69. The topological polar surface area (TPSA) is 59.0 Å². The molecule has 20 heavy (non-hydrogen) atoms. The second-order valence-electron chi connectivity index (χ2n) is 5.12. The molecular weight excluding hydrogens is 258 g/mol. The van der Waals surface area contributed by atoms with Gasteiger partial charge in [0, 0.05) is 12.5 Å². The summed E-state index contributed by atoms with van der Waals surface area (Å²) >= 11 is 0. The number of hydrogen-bond donors (Lipinski definition) is 1. The van der Waals surface area contributed by atoms with Gasteiger partial charge in [0.2, 0.25) is 0 Å². The number of methoxy groups -OCH3 is 1. The maximum atomic E-state index is 10.7. The lowest BCUT2D eigenvalue weighted by Crippen LogP contribution is -2.40. The number of carboxylic acids is 1. The Balaban J connectivity index is 1.79. The maximum absolute atomic E-state index is 10.7. The van der Waals surface area contributed by atoms with Crippen LogP contribution in [0.2, 0.25) is 0 Å². The molecule has 0 bridgehead atoms. The van der Waals surface area contributed by atoms with Crippen molar-refractivity contribution >= 4 is 5.97 Å². The summed E-state index contributed by atoms with van der Waals surface area (Å²) < 4.78 is 10.9. The van der Waals surface area contributed by atoms with Crippen molar-refractivity contribution in [2.24, 2.45) is 5.92 Å². The van der Waals surface area contributed by atoms with Crippen LogP contribution in [-0.4, -0.2) is 49.3 Å². The summed E-state index contributed by atoms with van der Waals surface area (Å²) in [5.74, 6) is 1.26. The smallest absolute Gasteiger partial charge is 0.317 e. The molecule has 1 aromatic carbocycles. The molecule has 5 nitrogen and oxygen atoms in total.